The summed E-state index contributed by atoms with van der Waals surface area (Å²) in [5, 5.41) is 4.74. The Balaban J connectivity index is 1.39. The van der Waals surface area contributed by atoms with E-state index in [0.29, 0.717) is 11.2 Å². The lowest BCUT2D eigenvalue weighted by atomic mass is 9.86. The molecular weight excluding hydrogens is 484 g/mol. The summed E-state index contributed by atoms with van der Waals surface area (Å²) in [7, 11) is 0. The molecule has 0 unspecified atom stereocenters. The molecule has 0 radical (unpaired) electrons. The zero-order chi connectivity index (χ0) is 21.1. The SMILES string of the molecule is CC(C)OC(=O)N[C@H]1CC[C@H](c2ncc(-c3ccc(Br)cc3SC3COC3)s2)CC1. The van der Waals surface area contributed by atoms with E-state index >= 15 is 0 Å². The lowest BCUT2D eigenvalue weighted by molar-refractivity contribution is 0.0455. The molecule has 1 saturated carbocycles. The van der Waals surface area contributed by atoms with Gasteiger partial charge in [0.25, 0.3) is 0 Å². The lowest BCUT2D eigenvalue weighted by Gasteiger charge is -2.28. The van der Waals surface area contributed by atoms with Crippen LogP contribution in [0.25, 0.3) is 10.4 Å². The lowest BCUT2D eigenvalue weighted by Crippen LogP contribution is -2.38. The van der Waals surface area contributed by atoms with Crippen molar-refractivity contribution in [2.75, 3.05) is 13.2 Å². The second kappa shape index (κ2) is 10.0. The first-order valence-electron chi connectivity index (χ1n) is 10.4. The van der Waals surface area contributed by atoms with E-state index in [9.17, 15) is 4.79 Å². The van der Waals surface area contributed by atoms with E-state index in [-0.39, 0.29) is 18.2 Å². The van der Waals surface area contributed by atoms with Crippen LogP contribution in [-0.4, -0.2) is 41.7 Å². The van der Waals surface area contributed by atoms with Crippen LogP contribution < -0.4 is 5.32 Å². The van der Waals surface area contributed by atoms with Crippen LogP contribution in [0.4, 0.5) is 4.79 Å². The van der Waals surface area contributed by atoms with Crippen LogP contribution in [0.2, 0.25) is 0 Å². The zero-order valence-corrected chi connectivity index (χ0v) is 20.4. The highest BCUT2D eigenvalue weighted by atomic mass is 79.9. The quantitative estimate of drug-likeness (QED) is 0.499. The maximum Gasteiger partial charge on any atom is 0.407 e. The second-order valence-electron chi connectivity index (χ2n) is 8.13. The number of thiazole rings is 1. The summed E-state index contributed by atoms with van der Waals surface area (Å²) in [6, 6.07) is 6.68. The Hall–Kier alpha value is -1.09. The van der Waals surface area contributed by atoms with Crippen LogP contribution in [0.1, 0.15) is 50.5 Å². The van der Waals surface area contributed by atoms with E-state index in [1.807, 2.05) is 31.8 Å². The van der Waals surface area contributed by atoms with Gasteiger partial charge in [-0.15, -0.1) is 23.1 Å². The van der Waals surface area contributed by atoms with Crippen molar-refractivity contribution >= 4 is 45.1 Å². The maximum atomic E-state index is 11.8. The number of hydrogen-bond donors (Lipinski definition) is 1. The smallest absolute Gasteiger partial charge is 0.407 e. The molecule has 0 atom stereocenters. The highest BCUT2D eigenvalue weighted by Crippen LogP contribution is 2.42. The molecule has 162 valence electrons. The molecule has 1 saturated heterocycles. The summed E-state index contributed by atoms with van der Waals surface area (Å²) in [6.07, 6.45) is 5.65. The first-order valence-corrected chi connectivity index (χ1v) is 12.9. The molecule has 1 N–H and O–H groups in total. The van der Waals surface area contributed by atoms with Gasteiger partial charge in [0.15, 0.2) is 0 Å². The van der Waals surface area contributed by atoms with E-state index in [2.05, 4.69) is 39.4 Å². The van der Waals surface area contributed by atoms with Crippen molar-refractivity contribution in [2.45, 2.75) is 67.7 Å². The van der Waals surface area contributed by atoms with Crippen LogP contribution in [0, 0.1) is 0 Å². The minimum Gasteiger partial charge on any atom is -0.447 e. The summed E-state index contributed by atoms with van der Waals surface area (Å²) < 4.78 is 11.6. The number of benzene rings is 1. The van der Waals surface area contributed by atoms with Gasteiger partial charge < -0.3 is 14.8 Å². The molecule has 1 aromatic heterocycles. The van der Waals surface area contributed by atoms with E-state index in [1.165, 1.54) is 20.3 Å². The van der Waals surface area contributed by atoms with Crippen molar-refractivity contribution in [3.8, 4) is 10.4 Å². The molecule has 1 aliphatic carbocycles. The number of ether oxygens (including phenoxy) is 2. The van der Waals surface area contributed by atoms with Gasteiger partial charge in [0.2, 0.25) is 0 Å². The number of rotatable bonds is 6. The van der Waals surface area contributed by atoms with Gasteiger partial charge >= 0.3 is 6.09 Å². The number of carbonyl (C=O) groups is 1. The van der Waals surface area contributed by atoms with Crippen molar-refractivity contribution in [1.29, 1.82) is 0 Å². The number of halogens is 1. The summed E-state index contributed by atoms with van der Waals surface area (Å²) in [5.41, 5.74) is 1.26. The van der Waals surface area contributed by atoms with Gasteiger partial charge in [0, 0.05) is 33.1 Å². The third-order valence-corrected chi connectivity index (χ3v) is 8.26. The Bertz CT molecular complexity index is 877. The molecule has 1 amide bonds. The summed E-state index contributed by atoms with van der Waals surface area (Å²) >= 11 is 7.30. The molecule has 30 heavy (non-hydrogen) atoms. The summed E-state index contributed by atoms with van der Waals surface area (Å²) in [6.45, 7) is 5.39. The number of nitrogens with one attached hydrogen (secondary N) is 1. The minimum atomic E-state index is -0.304. The number of hydrogen-bond acceptors (Lipinski definition) is 6. The Morgan fingerprint density at radius 3 is 2.73 bits per heavy atom. The predicted octanol–water partition coefficient (Wildman–Crippen LogP) is 6.22. The number of aromatic nitrogens is 1. The van der Waals surface area contributed by atoms with Crippen molar-refractivity contribution in [1.82, 2.24) is 10.3 Å². The minimum absolute atomic E-state index is 0.0893. The molecule has 4 rings (SSSR count). The summed E-state index contributed by atoms with van der Waals surface area (Å²) in [5.74, 6) is 0.467. The third-order valence-electron chi connectivity index (χ3n) is 5.37. The Kier molecular flexibility index (Phi) is 7.39. The van der Waals surface area contributed by atoms with Crippen LogP contribution >= 0.6 is 39.0 Å². The number of nitrogens with zero attached hydrogens (tertiary/aromatic N) is 1. The first-order chi connectivity index (χ1) is 14.5. The van der Waals surface area contributed by atoms with E-state index < -0.39 is 0 Å². The van der Waals surface area contributed by atoms with Crippen LogP contribution in [0.5, 0.6) is 0 Å². The van der Waals surface area contributed by atoms with E-state index in [1.54, 1.807) is 11.3 Å². The van der Waals surface area contributed by atoms with Crippen molar-refractivity contribution in [2.24, 2.45) is 0 Å². The van der Waals surface area contributed by atoms with Gasteiger partial charge in [-0.05, 0) is 51.7 Å². The van der Waals surface area contributed by atoms with Crippen molar-refractivity contribution in [3.05, 3.63) is 33.9 Å². The topological polar surface area (TPSA) is 60.5 Å². The maximum absolute atomic E-state index is 11.8. The fraction of sp³-hybridized carbons (Fsp3) is 0.545. The molecule has 2 heterocycles. The first kappa shape index (κ1) is 22.1. The molecule has 2 fully saturated rings. The van der Waals surface area contributed by atoms with E-state index in [0.717, 1.165) is 43.4 Å². The average Bonchev–Trinajstić information content (AvgIpc) is 3.14. The van der Waals surface area contributed by atoms with Gasteiger partial charge in [-0.3, -0.25) is 0 Å². The van der Waals surface area contributed by atoms with Crippen molar-refractivity contribution < 1.29 is 14.3 Å². The van der Waals surface area contributed by atoms with Crippen LogP contribution in [0.3, 0.4) is 0 Å². The molecule has 5 nitrogen and oxygen atoms in total. The normalized spacial score (nSPS) is 22.0. The van der Waals surface area contributed by atoms with Gasteiger partial charge in [-0.2, -0.15) is 0 Å². The highest BCUT2D eigenvalue weighted by molar-refractivity contribution is 9.10. The van der Waals surface area contributed by atoms with Gasteiger partial charge in [-0.25, -0.2) is 9.78 Å². The van der Waals surface area contributed by atoms with Gasteiger partial charge in [-0.1, -0.05) is 22.0 Å². The molecule has 1 aliphatic heterocycles. The predicted molar refractivity (Wildman–Crippen MR) is 125 cm³/mol. The number of amides is 1. The molecule has 2 aromatic rings. The Morgan fingerprint density at radius 1 is 1.30 bits per heavy atom. The molecule has 1 aromatic carbocycles. The zero-order valence-electron chi connectivity index (χ0n) is 17.2. The largest absolute Gasteiger partial charge is 0.447 e. The highest BCUT2D eigenvalue weighted by Gasteiger charge is 2.27. The molecular formula is C22H27BrN2O3S2. The van der Waals surface area contributed by atoms with Crippen molar-refractivity contribution in [3.63, 3.8) is 0 Å². The number of carbonyl (C=O) groups excluding carboxylic acids is 1. The fourth-order valence-corrected chi connectivity index (χ4v) is 6.65. The van der Waals surface area contributed by atoms with Crippen LogP contribution in [-0.2, 0) is 9.47 Å². The van der Waals surface area contributed by atoms with E-state index in [4.69, 9.17) is 14.5 Å². The molecule has 8 heteroatoms. The van der Waals surface area contributed by atoms with Gasteiger partial charge in [0.1, 0.15) is 0 Å². The Labute approximate surface area is 194 Å². The number of thioether (sulfide) groups is 1. The average molecular weight is 512 g/mol. The molecule has 0 spiro atoms. The van der Waals surface area contributed by atoms with Gasteiger partial charge in [0.05, 0.1) is 34.5 Å². The molecule has 0 bridgehead atoms. The third kappa shape index (κ3) is 5.58. The number of alkyl carbamates (subject to hydrolysis) is 1. The van der Waals surface area contributed by atoms with Crippen LogP contribution in [0.15, 0.2) is 33.8 Å². The monoisotopic (exact) mass is 510 g/mol. The Morgan fingerprint density at radius 2 is 2.07 bits per heavy atom. The standard InChI is InChI=1S/C22H27BrN2O3S2/c1-13(2)28-22(26)25-16-6-3-14(4-7-16)21-24-10-20(30-21)18-8-5-15(23)9-19(18)29-17-11-27-12-17/h5,8-10,13-14,16-17H,3-4,6-7,11-12H2,1-2H3,(H,25,26)/t14-,16-. The fourth-order valence-electron chi connectivity index (χ4n) is 3.76. The summed E-state index contributed by atoms with van der Waals surface area (Å²) in [4.78, 5) is 19.1. The second-order valence-corrected chi connectivity index (χ2v) is 11.4. The molecule has 2 aliphatic rings.